The second-order valence-electron chi connectivity index (χ2n) is 2.67. The Morgan fingerprint density at radius 3 is 2.07 bits per heavy atom. The van der Waals surface area contributed by atoms with Gasteiger partial charge in [0.25, 0.3) is 0 Å². The number of hydrogen-bond acceptors (Lipinski definition) is 4. The fourth-order valence-corrected chi connectivity index (χ4v) is 1.05. The molecule has 1 aromatic rings. The molecule has 6 heteroatoms. The maximum absolute atomic E-state index is 10.9. The number of anilines is 1. The number of carbonyl (C=O) groups is 2. The Labute approximate surface area is 115 Å². The predicted molar refractivity (Wildman–Crippen MR) is 52.9 cm³/mol. The topological polar surface area (TPSA) is 60.4 Å². The van der Waals surface area contributed by atoms with Crippen LogP contribution in [0.5, 0.6) is 0 Å². The van der Waals surface area contributed by atoms with E-state index in [0.29, 0.717) is 5.69 Å². The number of amides is 1. The van der Waals surface area contributed by atoms with Gasteiger partial charge in [0, 0.05) is 6.92 Å². The minimum atomic E-state index is -1.25. The van der Waals surface area contributed by atoms with E-state index >= 15 is 0 Å². The molecular weight excluding hydrogens is 225 g/mol. The minimum absolute atomic E-state index is 0. The molecule has 1 rings (SSSR count). The molecule has 0 radical (unpaired) electrons. The van der Waals surface area contributed by atoms with Crippen molar-refractivity contribution in [2.24, 2.45) is 0 Å². The first kappa shape index (κ1) is 14.5. The summed E-state index contributed by atoms with van der Waals surface area (Å²) in [7, 11) is 0. The number of carbonyl (C=O) groups excluding carboxylic acids is 2. The number of aromatic carboxylic acids is 1. The summed E-state index contributed by atoms with van der Waals surface area (Å²) >= 11 is 3.92. The molecule has 1 amide bonds. The standard InChI is InChI=1S/C9H9NO3S.Na/c1-6(11)10(14)8-4-2-7(3-5-8)9(12)13;/h2-5,14H,1H3,(H,12,13);/q;+1/p-1. The molecular formula is C9H8NNaO3S. The van der Waals surface area contributed by atoms with Crippen molar-refractivity contribution in [1.82, 2.24) is 0 Å². The molecule has 0 aromatic heterocycles. The zero-order valence-corrected chi connectivity index (χ0v) is 11.3. The van der Waals surface area contributed by atoms with Crippen LogP contribution in [0.1, 0.15) is 17.3 Å². The molecule has 0 saturated heterocycles. The summed E-state index contributed by atoms with van der Waals surface area (Å²) in [6, 6.07) is 5.69. The third kappa shape index (κ3) is 3.87. The first-order chi connectivity index (χ1) is 6.52. The molecule has 15 heavy (non-hydrogen) atoms. The summed E-state index contributed by atoms with van der Waals surface area (Å²) in [6.07, 6.45) is 0. The van der Waals surface area contributed by atoms with E-state index in [1.807, 2.05) is 0 Å². The number of carboxylic acids is 1. The largest absolute Gasteiger partial charge is 1.00 e. The third-order valence-corrected chi connectivity index (χ3v) is 2.16. The molecule has 0 heterocycles. The smallest absolute Gasteiger partial charge is 0.545 e. The molecule has 0 atom stereocenters. The van der Waals surface area contributed by atoms with Gasteiger partial charge in [-0.2, -0.15) is 0 Å². The molecule has 0 saturated carbocycles. The van der Waals surface area contributed by atoms with Crippen LogP contribution >= 0.6 is 12.8 Å². The van der Waals surface area contributed by atoms with Gasteiger partial charge in [0.1, 0.15) is 0 Å². The van der Waals surface area contributed by atoms with Gasteiger partial charge in [-0.05, 0) is 17.7 Å². The Hall–Kier alpha value is -0.490. The van der Waals surface area contributed by atoms with Crippen molar-refractivity contribution in [3.8, 4) is 0 Å². The summed E-state index contributed by atoms with van der Waals surface area (Å²) in [5.74, 6) is -1.49. The summed E-state index contributed by atoms with van der Waals surface area (Å²) in [4.78, 5) is 21.3. The van der Waals surface area contributed by atoms with E-state index in [1.54, 1.807) is 0 Å². The molecule has 0 spiro atoms. The number of rotatable bonds is 2. The molecule has 0 aliphatic rings. The van der Waals surface area contributed by atoms with Crippen molar-refractivity contribution >= 4 is 30.4 Å². The monoisotopic (exact) mass is 233 g/mol. The quantitative estimate of drug-likeness (QED) is 0.445. The van der Waals surface area contributed by atoms with Gasteiger partial charge < -0.3 is 9.90 Å². The number of carboxylic acid groups (broad SMARTS) is 1. The van der Waals surface area contributed by atoms with E-state index in [4.69, 9.17) is 0 Å². The fraction of sp³-hybridized carbons (Fsp3) is 0.111. The van der Waals surface area contributed by atoms with Gasteiger partial charge in [0.15, 0.2) is 0 Å². The van der Waals surface area contributed by atoms with Crippen LogP contribution in [0, 0.1) is 0 Å². The number of thiol groups is 1. The zero-order chi connectivity index (χ0) is 10.7. The molecule has 74 valence electrons. The second kappa shape index (κ2) is 6.17. The van der Waals surface area contributed by atoms with Crippen LogP contribution in [-0.4, -0.2) is 11.9 Å². The fourth-order valence-electron chi connectivity index (χ4n) is 0.921. The van der Waals surface area contributed by atoms with Gasteiger partial charge in [-0.3, -0.25) is 9.10 Å². The van der Waals surface area contributed by atoms with E-state index in [0.717, 1.165) is 4.31 Å². The average molecular weight is 233 g/mol. The number of benzene rings is 1. The summed E-state index contributed by atoms with van der Waals surface area (Å²) in [6.45, 7) is 1.36. The van der Waals surface area contributed by atoms with Crippen LogP contribution in [0.25, 0.3) is 0 Å². The molecule has 0 fully saturated rings. The summed E-state index contributed by atoms with van der Waals surface area (Å²) in [5, 5.41) is 10.4. The number of nitrogens with zero attached hydrogens (tertiary/aromatic N) is 1. The Morgan fingerprint density at radius 1 is 1.27 bits per heavy atom. The van der Waals surface area contributed by atoms with Crippen LogP contribution in [0.4, 0.5) is 5.69 Å². The molecule has 0 aliphatic heterocycles. The molecule has 0 N–H and O–H groups in total. The van der Waals surface area contributed by atoms with E-state index in [2.05, 4.69) is 12.8 Å². The van der Waals surface area contributed by atoms with Gasteiger partial charge in [-0.1, -0.05) is 24.9 Å². The second-order valence-corrected chi connectivity index (χ2v) is 3.07. The van der Waals surface area contributed by atoms with Crippen LogP contribution in [-0.2, 0) is 4.79 Å². The first-order valence-corrected chi connectivity index (χ1v) is 4.23. The maximum atomic E-state index is 10.9. The predicted octanol–water partition coefficient (Wildman–Crippen LogP) is -2.75. The normalized spacial score (nSPS) is 8.93. The molecule has 0 bridgehead atoms. The van der Waals surface area contributed by atoms with Crippen LogP contribution in [0.2, 0.25) is 0 Å². The molecule has 0 aliphatic carbocycles. The van der Waals surface area contributed by atoms with Crippen LogP contribution < -0.4 is 39.0 Å². The summed E-state index contributed by atoms with van der Waals surface area (Å²) in [5.41, 5.74) is 0.588. The first-order valence-electron chi connectivity index (χ1n) is 3.83. The Bertz CT molecular complexity index is 366. The Morgan fingerprint density at radius 2 is 1.73 bits per heavy atom. The van der Waals surface area contributed by atoms with Gasteiger partial charge in [-0.15, -0.1) is 0 Å². The maximum Gasteiger partial charge on any atom is 1.00 e. The van der Waals surface area contributed by atoms with Crippen molar-refractivity contribution in [2.45, 2.75) is 6.92 Å². The van der Waals surface area contributed by atoms with Crippen molar-refractivity contribution in [3.05, 3.63) is 29.8 Å². The van der Waals surface area contributed by atoms with Gasteiger partial charge in [0.2, 0.25) is 5.91 Å². The summed E-state index contributed by atoms with van der Waals surface area (Å²) < 4.78 is 1.12. The molecule has 1 aromatic carbocycles. The van der Waals surface area contributed by atoms with Crippen LogP contribution in [0.3, 0.4) is 0 Å². The van der Waals surface area contributed by atoms with E-state index in [9.17, 15) is 14.7 Å². The van der Waals surface area contributed by atoms with Crippen LogP contribution in [0.15, 0.2) is 24.3 Å². The molecule has 4 nitrogen and oxygen atoms in total. The average Bonchev–Trinajstić information content (AvgIpc) is 2.16. The van der Waals surface area contributed by atoms with E-state index in [-0.39, 0.29) is 41.0 Å². The zero-order valence-electron chi connectivity index (χ0n) is 8.43. The van der Waals surface area contributed by atoms with Crippen molar-refractivity contribution in [1.29, 1.82) is 0 Å². The Balaban J connectivity index is 0.00000196. The SMILES string of the molecule is CC(=O)N(S)c1ccc(C(=O)[O-])cc1.[Na+]. The van der Waals surface area contributed by atoms with E-state index in [1.165, 1.54) is 31.2 Å². The Kier molecular flexibility index (Phi) is 5.97. The van der Waals surface area contributed by atoms with E-state index < -0.39 is 5.97 Å². The van der Waals surface area contributed by atoms with Crippen molar-refractivity contribution in [3.63, 3.8) is 0 Å². The molecule has 0 unspecified atom stereocenters. The van der Waals surface area contributed by atoms with Gasteiger partial charge in [-0.25, -0.2) is 0 Å². The minimum Gasteiger partial charge on any atom is -0.545 e. The van der Waals surface area contributed by atoms with Crippen molar-refractivity contribution < 1.29 is 44.3 Å². The van der Waals surface area contributed by atoms with Crippen molar-refractivity contribution in [2.75, 3.05) is 4.31 Å². The van der Waals surface area contributed by atoms with Gasteiger partial charge in [0.05, 0.1) is 11.7 Å². The van der Waals surface area contributed by atoms with Gasteiger partial charge >= 0.3 is 29.6 Å². The number of hydrogen-bond donors (Lipinski definition) is 1. The third-order valence-electron chi connectivity index (χ3n) is 1.65.